The Morgan fingerprint density at radius 2 is 1.91 bits per heavy atom. The number of nitrogens with zero attached hydrogens (tertiary/aromatic N) is 1. The molecule has 2 N–H and O–H groups in total. The highest BCUT2D eigenvalue weighted by Crippen LogP contribution is 2.17. The van der Waals surface area contributed by atoms with Crippen LogP contribution in [-0.4, -0.2) is 53.6 Å². The summed E-state index contributed by atoms with van der Waals surface area (Å²) in [5.41, 5.74) is 0.921. The minimum absolute atomic E-state index is 0. The van der Waals surface area contributed by atoms with Gasteiger partial charge in [-0.3, -0.25) is 4.99 Å². The molecule has 22 heavy (non-hydrogen) atoms. The standard InChI is InChI=1S/C15H25N3O3.HI/c1-16-15(17-8-11-20-3)18-13-6-4-7-14(12-13)21-10-5-9-19-2;/h4,6-7,12H,5,8-11H2,1-3H3,(H2,16,17,18);1H. The Morgan fingerprint density at radius 1 is 1.14 bits per heavy atom. The Balaban J connectivity index is 0.00000441. The van der Waals surface area contributed by atoms with Crippen molar-refractivity contribution in [2.45, 2.75) is 6.42 Å². The zero-order valence-corrected chi connectivity index (χ0v) is 15.8. The third-order valence-corrected chi connectivity index (χ3v) is 2.68. The van der Waals surface area contributed by atoms with Crippen molar-refractivity contribution in [2.75, 3.05) is 52.9 Å². The van der Waals surface area contributed by atoms with Crippen LogP contribution in [0.5, 0.6) is 5.75 Å². The summed E-state index contributed by atoms with van der Waals surface area (Å²) in [7, 11) is 5.09. The van der Waals surface area contributed by atoms with Crippen LogP contribution in [0.2, 0.25) is 0 Å². The molecule has 0 spiro atoms. The monoisotopic (exact) mass is 423 g/mol. The van der Waals surface area contributed by atoms with Crippen LogP contribution in [0.25, 0.3) is 0 Å². The quantitative estimate of drug-likeness (QED) is 0.276. The molecule has 0 bridgehead atoms. The maximum Gasteiger partial charge on any atom is 0.195 e. The Kier molecular flexibility index (Phi) is 12.9. The minimum atomic E-state index is 0. The van der Waals surface area contributed by atoms with E-state index in [1.807, 2.05) is 24.3 Å². The summed E-state index contributed by atoms with van der Waals surface area (Å²) in [6, 6.07) is 7.77. The highest BCUT2D eigenvalue weighted by molar-refractivity contribution is 14.0. The van der Waals surface area contributed by atoms with E-state index in [0.717, 1.165) is 17.9 Å². The van der Waals surface area contributed by atoms with Crippen molar-refractivity contribution in [3.05, 3.63) is 24.3 Å². The molecule has 126 valence electrons. The fourth-order valence-electron chi connectivity index (χ4n) is 1.64. The summed E-state index contributed by atoms with van der Waals surface area (Å²) in [4.78, 5) is 4.15. The lowest BCUT2D eigenvalue weighted by Crippen LogP contribution is -2.33. The van der Waals surface area contributed by atoms with Crippen LogP contribution in [0.4, 0.5) is 5.69 Å². The number of ether oxygens (including phenoxy) is 3. The predicted octanol–water partition coefficient (Wildman–Crippen LogP) is 2.35. The van der Waals surface area contributed by atoms with Crippen molar-refractivity contribution in [3.63, 3.8) is 0 Å². The van der Waals surface area contributed by atoms with Gasteiger partial charge in [-0.15, -0.1) is 24.0 Å². The molecule has 0 aliphatic heterocycles. The minimum Gasteiger partial charge on any atom is -0.493 e. The van der Waals surface area contributed by atoms with Crippen LogP contribution in [0, 0.1) is 0 Å². The first kappa shape index (κ1) is 20.9. The average Bonchev–Trinajstić information content (AvgIpc) is 2.51. The predicted molar refractivity (Wildman–Crippen MR) is 101 cm³/mol. The second-order valence-corrected chi connectivity index (χ2v) is 4.34. The summed E-state index contributed by atoms with van der Waals surface area (Å²) >= 11 is 0. The topological polar surface area (TPSA) is 64.1 Å². The van der Waals surface area contributed by atoms with Gasteiger partial charge >= 0.3 is 0 Å². The molecular formula is C15H26IN3O3. The van der Waals surface area contributed by atoms with E-state index in [4.69, 9.17) is 14.2 Å². The van der Waals surface area contributed by atoms with Gasteiger partial charge in [0.1, 0.15) is 5.75 Å². The summed E-state index contributed by atoms with van der Waals surface area (Å²) in [5.74, 6) is 1.52. The molecule has 1 rings (SSSR count). The number of guanidine groups is 1. The molecule has 0 aliphatic carbocycles. The van der Waals surface area contributed by atoms with Gasteiger partial charge in [0.15, 0.2) is 5.96 Å². The van der Waals surface area contributed by atoms with E-state index in [9.17, 15) is 0 Å². The Labute approximate surface area is 149 Å². The largest absolute Gasteiger partial charge is 0.493 e. The van der Waals surface area contributed by atoms with Crippen molar-refractivity contribution in [1.29, 1.82) is 0 Å². The average molecular weight is 423 g/mol. The lowest BCUT2D eigenvalue weighted by atomic mass is 10.3. The van der Waals surface area contributed by atoms with E-state index in [0.29, 0.717) is 32.3 Å². The van der Waals surface area contributed by atoms with E-state index >= 15 is 0 Å². The van der Waals surface area contributed by atoms with E-state index < -0.39 is 0 Å². The number of methoxy groups -OCH3 is 2. The van der Waals surface area contributed by atoms with Crippen molar-refractivity contribution in [1.82, 2.24) is 5.32 Å². The third-order valence-electron chi connectivity index (χ3n) is 2.68. The number of anilines is 1. The second-order valence-electron chi connectivity index (χ2n) is 4.34. The lowest BCUT2D eigenvalue weighted by Gasteiger charge is -2.13. The number of rotatable bonds is 9. The van der Waals surface area contributed by atoms with Crippen LogP contribution in [0.15, 0.2) is 29.3 Å². The van der Waals surface area contributed by atoms with Crippen LogP contribution in [0.3, 0.4) is 0 Å². The molecule has 0 radical (unpaired) electrons. The van der Waals surface area contributed by atoms with Gasteiger partial charge in [0.25, 0.3) is 0 Å². The van der Waals surface area contributed by atoms with E-state index in [2.05, 4.69) is 15.6 Å². The van der Waals surface area contributed by atoms with Crippen molar-refractivity contribution >= 4 is 35.6 Å². The van der Waals surface area contributed by atoms with Crippen molar-refractivity contribution < 1.29 is 14.2 Å². The number of hydrogen-bond acceptors (Lipinski definition) is 4. The molecule has 0 saturated heterocycles. The first-order valence-electron chi connectivity index (χ1n) is 6.98. The summed E-state index contributed by atoms with van der Waals surface area (Å²) < 4.78 is 15.6. The Bertz CT molecular complexity index is 430. The normalized spacial score (nSPS) is 10.8. The van der Waals surface area contributed by atoms with Crippen molar-refractivity contribution in [3.8, 4) is 5.75 Å². The molecule has 7 heteroatoms. The second kappa shape index (κ2) is 13.6. The van der Waals surface area contributed by atoms with Gasteiger partial charge in [-0.25, -0.2) is 0 Å². The van der Waals surface area contributed by atoms with Gasteiger partial charge in [0.05, 0.1) is 13.2 Å². The number of aliphatic imine (C=N–C) groups is 1. The number of halogens is 1. The summed E-state index contributed by atoms with van der Waals surface area (Å²) in [5, 5.41) is 6.36. The lowest BCUT2D eigenvalue weighted by molar-refractivity contribution is 0.172. The maximum absolute atomic E-state index is 5.66. The number of hydrogen-bond donors (Lipinski definition) is 2. The Hall–Kier alpha value is -1.06. The van der Waals surface area contributed by atoms with E-state index in [1.54, 1.807) is 21.3 Å². The Morgan fingerprint density at radius 3 is 2.59 bits per heavy atom. The van der Waals surface area contributed by atoms with Crippen LogP contribution < -0.4 is 15.4 Å². The number of benzene rings is 1. The molecule has 1 aromatic carbocycles. The maximum atomic E-state index is 5.66. The zero-order chi connectivity index (χ0) is 15.3. The molecule has 0 fully saturated rings. The first-order valence-corrected chi connectivity index (χ1v) is 6.98. The van der Waals surface area contributed by atoms with Crippen LogP contribution >= 0.6 is 24.0 Å². The number of nitrogens with one attached hydrogen (secondary N) is 2. The van der Waals surface area contributed by atoms with Gasteiger partial charge in [-0.2, -0.15) is 0 Å². The molecule has 6 nitrogen and oxygen atoms in total. The van der Waals surface area contributed by atoms with E-state index in [-0.39, 0.29) is 24.0 Å². The molecule has 0 saturated carbocycles. The molecular weight excluding hydrogens is 397 g/mol. The SMILES string of the molecule is CN=C(NCCOC)Nc1cccc(OCCCOC)c1.I. The molecule has 1 aromatic rings. The summed E-state index contributed by atoms with van der Waals surface area (Å²) in [6.45, 7) is 2.67. The van der Waals surface area contributed by atoms with Gasteiger partial charge in [-0.1, -0.05) is 6.07 Å². The highest BCUT2D eigenvalue weighted by Gasteiger charge is 2.01. The smallest absolute Gasteiger partial charge is 0.195 e. The molecule has 0 atom stereocenters. The third kappa shape index (κ3) is 9.06. The van der Waals surface area contributed by atoms with E-state index in [1.165, 1.54) is 0 Å². The molecule has 0 aliphatic rings. The van der Waals surface area contributed by atoms with Gasteiger partial charge in [-0.05, 0) is 12.1 Å². The van der Waals surface area contributed by atoms with Gasteiger partial charge < -0.3 is 24.8 Å². The summed E-state index contributed by atoms with van der Waals surface area (Å²) in [6.07, 6.45) is 0.869. The molecule has 0 heterocycles. The molecule has 0 unspecified atom stereocenters. The van der Waals surface area contributed by atoms with Crippen LogP contribution in [0.1, 0.15) is 6.42 Å². The highest BCUT2D eigenvalue weighted by atomic mass is 127. The van der Waals surface area contributed by atoms with Crippen molar-refractivity contribution in [2.24, 2.45) is 4.99 Å². The zero-order valence-electron chi connectivity index (χ0n) is 13.4. The fraction of sp³-hybridized carbons (Fsp3) is 0.533. The molecule has 0 aromatic heterocycles. The first-order chi connectivity index (χ1) is 10.3. The molecule has 0 amide bonds. The van der Waals surface area contributed by atoms with Crippen LogP contribution in [-0.2, 0) is 9.47 Å². The van der Waals surface area contributed by atoms with Gasteiger partial charge in [0, 0.05) is 52.6 Å². The fourth-order valence-corrected chi connectivity index (χ4v) is 1.64. The van der Waals surface area contributed by atoms with Gasteiger partial charge in [0.2, 0.25) is 0 Å².